The summed E-state index contributed by atoms with van der Waals surface area (Å²) in [5, 5.41) is 7.95. The summed E-state index contributed by atoms with van der Waals surface area (Å²) in [7, 11) is 1.75. The minimum Gasteiger partial charge on any atom is -0.350 e. The van der Waals surface area contributed by atoms with Gasteiger partial charge in [0.05, 0.1) is 17.3 Å². The highest BCUT2D eigenvalue weighted by Crippen LogP contribution is 2.30. The number of rotatable bonds is 5. The van der Waals surface area contributed by atoms with Crippen LogP contribution in [0.3, 0.4) is 0 Å². The van der Waals surface area contributed by atoms with E-state index < -0.39 is 17.8 Å². The molecule has 3 aromatic rings. The molecule has 1 amide bonds. The zero-order valence-corrected chi connectivity index (χ0v) is 17.1. The molecule has 0 bridgehead atoms. The van der Waals surface area contributed by atoms with Crippen LogP contribution in [0, 0.1) is 13.8 Å². The molecule has 2 heterocycles. The molecule has 0 spiro atoms. The quantitative estimate of drug-likeness (QED) is 0.661. The van der Waals surface area contributed by atoms with Gasteiger partial charge in [-0.25, -0.2) is 0 Å². The molecule has 0 aliphatic rings. The number of alkyl halides is 3. The van der Waals surface area contributed by atoms with Crippen molar-refractivity contribution in [3.63, 3.8) is 0 Å². The van der Waals surface area contributed by atoms with Gasteiger partial charge in [-0.05, 0) is 50.5 Å². The van der Waals surface area contributed by atoms with E-state index in [2.05, 4.69) is 15.4 Å². The highest BCUT2D eigenvalue weighted by atomic mass is 19.4. The molecule has 0 radical (unpaired) electrons. The number of aromatic nitrogens is 3. The summed E-state index contributed by atoms with van der Waals surface area (Å²) < 4.78 is 39.6. The van der Waals surface area contributed by atoms with Gasteiger partial charge in [-0.3, -0.25) is 14.3 Å². The molecule has 6 nitrogen and oxygen atoms in total. The lowest BCUT2D eigenvalue weighted by molar-refractivity contribution is -0.137. The van der Waals surface area contributed by atoms with Crippen molar-refractivity contribution in [3.05, 3.63) is 62.6 Å². The molecule has 30 heavy (non-hydrogen) atoms. The molecule has 1 aromatic carbocycles. The highest BCUT2D eigenvalue weighted by molar-refractivity contribution is 5.83. The smallest absolute Gasteiger partial charge is 0.350 e. The number of aromatic amines is 1. The number of pyridine rings is 1. The number of hydrogen-bond donors (Lipinski definition) is 2. The van der Waals surface area contributed by atoms with Gasteiger partial charge >= 0.3 is 6.18 Å². The van der Waals surface area contributed by atoms with E-state index in [4.69, 9.17) is 0 Å². The van der Waals surface area contributed by atoms with Crippen molar-refractivity contribution in [3.8, 4) is 0 Å². The number of carbonyl (C=O) groups excluding carboxylic acids is 1. The summed E-state index contributed by atoms with van der Waals surface area (Å²) in [6, 6.07) is 4.23. The number of amides is 1. The number of halogens is 3. The summed E-state index contributed by atoms with van der Waals surface area (Å²) in [5.74, 6) is -0.288. The number of H-pyrrole nitrogens is 1. The maximum absolute atomic E-state index is 12.7. The Morgan fingerprint density at radius 3 is 2.47 bits per heavy atom. The van der Waals surface area contributed by atoms with E-state index in [1.165, 1.54) is 12.1 Å². The largest absolute Gasteiger partial charge is 0.416 e. The molecule has 0 saturated carbocycles. The van der Waals surface area contributed by atoms with Crippen molar-refractivity contribution in [2.75, 3.05) is 0 Å². The molecule has 2 N–H and O–H groups in total. The molecule has 1 atom stereocenters. The third-order valence-corrected chi connectivity index (χ3v) is 5.27. The van der Waals surface area contributed by atoms with Gasteiger partial charge in [0.25, 0.3) is 5.56 Å². The number of aryl methyl sites for hydroxylation is 3. The molecule has 2 aromatic heterocycles. The molecule has 0 saturated heterocycles. The van der Waals surface area contributed by atoms with Crippen molar-refractivity contribution in [2.45, 2.75) is 45.8 Å². The summed E-state index contributed by atoms with van der Waals surface area (Å²) in [6.07, 6.45) is -4.07. The first kappa shape index (κ1) is 21.6. The van der Waals surface area contributed by atoms with Crippen LogP contribution in [0.5, 0.6) is 0 Å². The van der Waals surface area contributed by atoms with E-state index in [1.807, 2.05) is 13.8 Å². The van der Waals surface area contributed by atoms with E-state index in [9.17, 15) is 22.8 Å². The second-order valence-electron chi connectivity index (χ2n) is 7.40. The van der Waals surface area contributed by atoms with Crippen LogP contribution < -0.4 is 10.9 Å². The lowest BCUT2D eigenvalue weighted by Gasteiger charge is -2.16. The summed E-state index contributed by atoms with van der Waals surface area (Å²) >= 11 is 0. The van der Waals surface area contributed by atoms with Crippen LogP contribution in [-0.4, -0.2) is 20.7 Å². The van der Waals surface area contributed by atoms with Crippen molar-refractivity contribution in [1.82, 2.24) is 20.1 Å². The Labute approximate surface area is 171 Å². The zero-order valence-electron chi connectivity index (χ0n) is 17.1. The second-order valence-corrected chi connectivity index (χ2v) is 7.40. The Hall–Kier alpha value is -3.10. The van der Waals surface area contributed by atoms with Crippen molar-refractivity contribution in [2.24, 2.45) is 7.05 Å². The van der Waals surface area contributed by atoms with Crippen molar-refractivity contribution < 1.29 is 18.0 Å². The second kappa shape index (κ2) is 7.97. The predicted octanol–water partition coefficient (Wildman–Crippen LogP) is 3.71. The maximum atomic E-state index is 12.7. The van der Waals surface area contributed by atoms with E-state index in [-0.39, 0.29) is 24.3 Å². The molecule has 0 fully saturated rings. The van der Waals surface area contributed by atoms with Crippen LogP contribution in [0.15, 0.2) is 29.1 Å². The molecule has 0 aliphatic carbocycles. The average Bonchev–Trinajstić information content (AvgIpc) is 2.94. The van der Waals surface area contributed by atoms with Crippen LogP contribution in [-0.2, 0) is 24.4 Å². The van der Waals surface area contributed by atoms with Crippen LogP contribution in [0.1, 0.15) is 47.3 Å². The fourth-order valence-electron chi connectivity index (χ4n) is 3.65. The average molecular weight is 420 g/mol. The lowest BCUT2D eigenvalue weighted by atomic mass is 10.0. The SMILES string of the molecule is Cc1nn(C)c2[nH]c(=O)c(CCC(=O)NC(C)c3ccc(C(F)(F)F)cc3)c(C)c12. The van der Waals surface area contributed by atoms with Crippen molar-refractivity contribution in [1.29, 1.82) is 0 Å². The minimum atomic E-state index is -4.40. The first-order valence-corrected chi connectivity index (χ1v) is 9.50. The molecular weight excluding hydrogens is 397 g/mol. The Kier molecular flexibility index (Phi) is 5.74. The Morgan fingerprint density at radius 1 is 1.23 bits per heavy atom. The lowest BCUT2D eigenvalue weighted by Crippen LogP contribution is -2.28. The van der Waals surface area contributed by atoms with Gasteiger partial charge in [-0.1, -0.05) is 12.1 Å². The molecule has 3 rings (SSSR count). The van der Waals surface area contributed by atoms with E-state index in [1.54, 1.807) is 18.7 Å². The topological polar surface area (TPSA) is 79.8 Å². The third-order valence-electron chi connectivity index (χ3n) is 5.27. The van der Waals surface area contributed by atoms with Crippen LogP contribution in [0.2, 0.25) is 0 Å². The van der Waals surface area contributed by atoms with Gasteiger partial charge in [-0.2, -0.15) is 18.3 Å². The number of nitrogens with one attached hydrogen (secondary N) is 2. The van der Waals surface area contributed by atoms with Crippen molar-refractivity contribution >= 4 is 16.9 Å². The van der Waals surface area contributed by atoms with Crippen LogP contribution in [0.25, 0.3) is 11.0 Å². The molecule has 9 heteroatoms. The minimum absolute atomic E-state index is 0.0830. The summed E-state index contributed by atoms with van der Waals surface area (Å²) in [6.45, 7) is 5.39. The van der Waals surface area contributed by atoms with Gasteiger partial charge in [0.1, 0.15) is 5.65 Å². The molecular formula is C21H23F3N4O2. The number of nitrogens with zero attached hydrogens (tertiary/aromatic N) is 2. The fourth-order valence-corrected chi connectivity index (χ4v) is 3.65. The van der Waals surface area contributed by atoms with Gasteiger partial charge in [0, 0.05) is 24.4 Å². The van der Waals surface area contributed by atoms with Crippen LogP contribution >= 0.6 is 0 Å². The first-order valence-electron chi connectivity index (χ1n) is 9.50. The number of fused-ring (bicyclic) bond motifs is 1. The van der Waals surface area contributed by atoms with Gasteiger partial charge < -0.3 is 10.3 Å². The number of carbonyl (C=O) groups is 1. The van der Waals surface area contributed by atoms with Gasteiger partial charge in [0.2, 0.25) is 5.91 Å². The Morgan fingerprint density at radius 2 is 1.87 bits per heavy atom. The molecule has 1 unspecified atom stereocenters. The summed E-state index contributed by atoms with van der Waals surface area (Å²) in [5.41, 5.74) is 2.32. The third kappa shape index (κ3) is 4.24. The number of hydrogen-bond acceptors (Lipinski definition) is 3. The molecule has 0 aliphatic heterocycles. The van der Waals surface area contributed by atoms with E-state index >= 15 is 0 Å². The van der Waals surface area contributed by atoms with Gasteiger partial charge in [0.15, 0.2) is 0 Å². The fraction of sp³-hybridized carbons (Fsp3) is 0.381. The normalized spacial score (nSPS) is 12.9. The highest BCUT2D eigenvalue weighted by Gasteiger charge is 2.30. The Balaban J connectivity index is 1.69. The zero-order chi connectivity index (χ0) is 22.2. The monoisotopic (exact) mass is 420 g/mol. The summed E-state index contributed by atoms with van der Waals surface area (Å²) in [4.78, 5) is 27.6. The molecule has 160 valence electrons. The van der Waals surface area contributed by atoms with E-state index in [0.717, 1.165) is 28.8 Å². The first-order chi connectivity index (χ1) is 14.0. The number of benzene rings is 1. The Bertz CT molecular complexity index is 1140. The maximum Gasteiger partial charge on any atom is 0.416 e. The van der Waals surface area contributed by atoms with E-state index in [0.29, 0.717) is 16.8 Å². The van der Waals surface area contributed by atoms with Gasteiger partial charge in [-0.15, -0.1) is 0 Å². The predicted molar refractivity (Wildman–Crippen MR) is 107 cm³/mol. The standard InChI is InChI=1S/C21H23F3N4O2/c1-11-16(20(30)26-19-18(11)13(3)27-28(19)4)9-10-17(29)25-12(2)14-5-7-15(8-6-14)21(22,23)24/h5-8,12H,9-10H2,1-4H3,(H,25,29)(H,26,30). The van der Waals surface area contributed by atoms with Crippen LogP contribution in [0.4, 0.5) is 13.2 Å².